The minimum absolute atomic E-state index is 0.238. The summed E-state index contributed by atoms with van der Waals surface area (Å²) >= 11 is 0. The molecule has 3 nitrogen and oxygen atoms in total. The number of hydrogen-bond acceptors (Lipinski definition) is 3. The van der Waals surface area contributed by atoms with Crippen LogP contribution in [0.4, 0.5) is 8.78 Å². The Hall–Kier alpha value is -1.67. The Morgan fingerprint density at radius 1 is 1.29 bits per heavy atom. The van der Waals surface area contributed by atoms with Gasteiger partial charge in [0.15, 0.2) is 0 Å². The van der Waals surface area contributed by atoms with Crippen molar-refractivity contribution in [2.24, 2.45) is 0 Å². The molecule has 0 amide bonds. The monoisotopic (exact) mass is 241 g/mol. The third-order valence-corrected chi connectivity index (χ3v) is 1.91. The summed E-state index contributed by atoms with van der Waals surface area (Å²) in [6.45, 7) is 0.0737. The third-order valence-electron chi connectivity index (χ3n) is 1.91. The van der Waals surface area contributed by atoms with Crippen LogP contribution >= 0.6 is 0 Å². The van der Waals surface area contributed by atoms with Crippen molar-refractivity contribution in [3.63, 3.8) is 0 Å². The van der Waals surface area contributed by atoms with Crippen LogP contribution in [0.1, 0.15) is 12.0 Å². The zero-order valence-electron chi connectivity index (χ0n) is 9.23. The summed E-state index contributed by atoms with van der Waals surface area (Å²) in [6, 6.07) is 8.77. The second-order valence-corrected chi connectivity index (χ2v) is 3.31. The summed E-state index contributed by atoms with van der Waals surface area (Å²) in [5, 5.41) is 8.66. The normalized spacial score (nSPS) is 10.2. The van der Waals surface area contributed by atoms with E-state index in [0.29, 0.717) is 24.3 Å². The first-order chi connectivity index (χ1) is 8.22. The van der Waals surface area contributed by atoms with Crippen LogP contribution in [0, 0.1) is 11.3 Å². The Morgan fingerprint density at radius 2 is 2.12 bits per heavy atom. The lowest BCUT2D eigenvalue weighted by molar-refractivity contribution is 0.0139. The summed E-state index contributed by atoms with van der Waals surface area (Å²) in [7, 11) is 0. The molecule has 5 heteroatoms. The summed E-state index contributed by atoms with van der Waals surface area (Å²) in [6.07, 6.45) is -1.90. The Bertz CT molecular complexity index is 377. The van der Waals surface area contributed by atoms with E-state index in [-0.39, 0.29) is 6.61 Å². The zero-order chi connectivity index (χ0) is 12.5. The van der Waals surface area contributed by atoms with Gasteiger partial charge in [-0.3, -0.25) is 0 Å². The van der Waals surface area contributed by atoms with Crippen LogP contribution in [0.15, 0.2) is 24.3 Å². The van der Waals surface area contributed by atoms with Gasteiger partial charge in [-0.1, -0.05) is 6.07 Å². The minimum atomic E-state index is -2.43. The Balaban J connectivity index is 2.16. The minimum Gasteiger partial charge on any atom is -0.493 e. The van der Waals surface area contributed by atoms with Crippen LogP contribution < -0.4 is 4.74 Å². The van der Waals surface area contributed by atoms with Crippen molar-refractivity contribution >= 4 is 0 Å². The first-order valence-corrected chi connectivity index (χ1v) is 5.21. The fourth-order valence-electron chi connectivity index (χ4n) is 1.18. The lowest BCUT2D eigenvalue weighted by Gasteiger charge is -2.06. The molecule has 1 aromatic rings. The second-order valence-electron chi connectivity index (χ2n) is 3.31. The predicted octanol–water partition coefficient (Wildman–Crippen LogP) is 2.61. The van der Waals surface area contributed by atoms with Gasteiger partial charge in [0.05, 0.1) is 24.8 Å². The van der Waals surface area contributed by atoms with Crippen molar-refractivity contribution in [2.45, 2.75) is 12.8 Å². The SMILES string of the molecule is N#Cc1cccc(OCCCOCC(F)F)c1. The molecule has 92 valence electrons. The average Bonchev–Trinajstić information content (AvgIpc) is 2.33. The summed E-state index contributed by atoms with van der Waals surface area (Å²) in [5.74, 6) is 0.595. The van der Waals surface area contributed by atoms with E-state index < -0.39 is 13.0 Å². The van der Waals surface area contributed by atoms with E-state index in [4.69, 9.17) is 14.7 Å². The molecule has 0 atom stereocenters. The average molecular weight is 241 g/mol. The first-order valence-electron chi connectivity index (χ1n) is 5.21. The van der Waals surface area contributed by atoms with E-state index in [2.05, 4.69) is 0 Å². The molecule has 0 N–H and O–H groups in total. The van der Waals surface area contributed by atoms with Crippen molar-refractivity contribution in [3.05, 3.63) is 29.8 Å². The number of hydrogen-bond donors (Lipinski definition) is 0. The van der Waals surface area contributed by atoms with Gasteiger partial charge in [-0.25, -0.2) is 8.78 Å². The highest BCUT2D eigenvalue weighted by atomic mass is 19.3. The molecule has 0 aliphatic rings. The Labute approximate surface area is 98.6 Å². The highest BCUT2D eigenvalue weighted by molar-refractivity contribution is 5.36. The summed E-state index contributed by atoms with van der Waals surface area (Å²) in [5.41, 5.74) is 0.524. The number of halogens is 2. The van der Waals surface area contributed by atoms with Crippen LogP contribution in [-0.2, 0) is 4.74 Å². The smallest absolute Gasteiger partial charge is 0.261 e. The van der Waals surface area contributed by atoms with E-state index in [1.165, 1.54) is 0 Å². The first kappa shape index (κ1) is 13.4. The van der Waals surface area contributed by atoms with Crippen LogP contribution in [0.3, 0.4) is 0 Å². The van der Waals surface area contributed by atoms with Gasteiger partial charge in [0.2, 0.25) is 0 Å². The fourth-order valence-corrected chi connectivity index (χ4v) is 1.18. The number of alkyl halides is 2. The van der Waals surface area contributed by atoms with E-state index in [1.54, 1.807) is 24.3 Å². The molecule has 1 rings (SSSR count). The predicted molar refractivity (Wildman–Crippen MR) is 58.1 cm³/mol. The Kier molecular flexibility index (Phi) is 5.97. The highest BCUT2D eigenvalue weighted by Gasteiger charge is 2.01. The van der Waals surface area contributed by atoms with Gasteiger partial charge in [0.1, 0.15) is 12.4 Å². The van der Waals surface area contributed by atoms with Gasteiger partial charge in [0, 0.05) is 6.42 Å². The zero-order valence-corrected chi connectivity index (χ0v) is 9.23. The fraction of sp³-hybridized carbons (Fsp3) is 0.417. The van der Waals surface area contributed by atoms with Crippen molar-refractivity contribution in [1.29, 1.82) is 5.26 Å². The van der Waals surface area contributed by atoms with Gasteiger partial charge in [-0.05, 0) is 18.2 Å². The number of rotatable bonds is 7. The lowest BCUT2D eigenvalue weighted by atomic mass is 10.2. The van der Waals surface area contributed by atoms with Gasteiger partial charge in [-0.2, -0.15) is 5.26 Å². The van der Waals surface area contributed by atoms with Crippen LogP contribution in [-0.4, -0.2) is 26.2 Å². The van der Waals surface area contributed by atoms with Gasteiger partial charge < -0.3 is 9.47 Å². The third kappa shape index (κ3) is 5.83. The molecule has 0 heterocycles. The van der Waals surface area contributed by atoms with Gasteiger partial charge >= 0.3 is 0 Å². The molecule has 0 unspecified atom stereocenters. The summed E-state index contributed by atoms with van der Waals surface area (Å²) in [4.78, 5) is 0. The molecule has 0 saturated heterocycles. The van der Waals surface area contributed by atoms with Crippen LogP contribution in [0.2, 0.25) is 0 Å². The molecular formula is C12H13F2NO2. The standard InChI is InChI=1S/C12H13F2NO2/c13-12(14)9-16-5-2-6-17-11-4-1-3-10(7-11)8-15/h1,3-4,7,12H,2,5-6,9H2. The van der Waals surface area contributed by atoms with E-state index in [9.17, 15) is 8.78 Å². The summed E-state index contributed by atoms with van der Waals surface area (Å²) < 4.78 is 33.4. The number of benzene rings is 1. The maximum absolute atomic E-state index is 11.7. The number of ether oxygens (including phenoxy) is 2. The van der Waals surface area contributed by atoms with Crippen LogP contribution in [0.5, 0.6) is 5.75 Å². The second kappa shape index (κ2) is 7.58. The van der Waals surface area contributed by atoms with Crippen molar-refractivity contribution in [3.8, 4) is 11.8 Å². The molecule has 1 aromatic carbocycles. The molecular weight excluding hydrogens is 228 g/mol. The van der Waals surface area contributed by atoms with E-state index >= 15 is 0 Å². The van der Waals surface area contributed by atoms with Gasteiger partial charge in [0.25, 0.3) is 6.43 Å². The van der Waals surface area contributed by atoms with E-state index in [0.717, 1.165) is 0 Å². The maximum atomic E-state index is 11.7. The van der Waals surface area contributed by atoms with Gasteiger partial charge in [-0.15, -0.1) is 0 Å². The molecule has 0 saturated carbocycles. The van der Waals surface area contributed by atoms with Crippen molar-refractivity contribution in [1.82, 2.24) is 0 Å². The molecule has 0 radical (unpaired) electrons. The quantitative estimate of drug-likeness (QED) is 0.689. The molecule has 0 aliphatic carbocycles. The highest BCUT2D eigenvalue weighted by Crippen LogP contribution is 2.12. The van der Waals surface area contributed by atoms with Crippen LogP contribution in [0.25, 0.3) is 0 Å². The lowest BCUT2D eigenvalue weighted by Crippen LogP contribution is -2.08. The van der Waals surface area contributed by atoms with Crippen molar-refractivity contribution < 1.29 is 18.3 Å². The number of nitrogens with zero attached hydrogens (tertiary/aromatic N) is 1. The molecule has 0 aliphatic heterocycles. The van der Waals surface area contributed by atoms with Crippen molar-refractivity contribution in [2.75, 3.05) is 19.8 Å². The largest absolute Gasteiger partial charge is 0.493 e. The molecule has 0 bridgehead atoms. The molecule has 17 heavy (non-hydrogen) atoms. The molecule has 0 fully saturated rings. The topological polar surface area (TPSA) is 42.2 Å². The molecule has 0 aromatic heterocycles. The van der Waals surface area contributed by atoms with E-state index in [1.807, 2.05) is 6.07 Å². The molecule has 0 spiro atoms. The Morgan fingerprint density at radius 3 is 2.82 bits per heavy atom. The maximum Gasteiger partial charge on any atom is 0.261 e. The number of nitriles is 1.